The first-order valence-corrected chi connectivity index (χ1v) is 9.08. The maximum Gasteiger partial charge on any atom is 0.215 e. The van der Waals surface area contributed by atoms with E-state index in [0.29, 0.717) is 18.4 Å². The van der Waals surface area contributed by atoms with Gasteiger partial charge in [0.2, 0.25) is 5.88 Å². The molecule has 2 N–H and O–H groups in total. The number of hydrogen-bond donors (Lipinski definition) is 1. The third-order valence-electron chi connectivity index (χ3n) is 2.18. The van der Waals surface area contributed by atoms with Gasteiger partial charge in [0, 0.05) is 20.7 Å². The molecule has 1 aromatic heterocycles. The lowest BCUT2D eigenvalue weighted by molar-refractivity contribution is 0.0725. The van der Waals surface area contributed by atoms with E-state index >= 15 is 0 Å². The summed E-state index contributed by atoms with van der Waals surface area (Å²) >= 11 is 0. The summed E-state index contributed by atoms with van der Waals surface area (Å²) in [4.78, 5) is 0. The van der Waals surface area contributed by atoms with Gasteiger partial charge in [-0.2, -0.15) is 5.10 Å². The van der Waals surface area contributed by atoms with Gasteiger partial charge < -0.3 is 15.2 Å². The number of nitrogens with zero attached hydrogens (tertiary/aromatic N) is 2. The third kappa shape index (κ3) is 4.24. The normalized spacial score (nSPS) is 11.8. The van der Waals surface area contributed by atoms with Crippen molar-refractivity contribution >= 4 is 13.9 Å². The maximum absolute atomic E-state index is 5.57. The summed E-state index contributed by atoms with van der Waals surface area (Å²) in [5.74, 6) is 1.08. The number of rotatable bonds is 6. The van der Waals surface area contributed by atoms with Crippen molar-refractivity contribution in [2.75, 3.05) is 19.5 Å². The van der Waals surface area contributed by atoms with E-state index in [1.165, 1.54) is 0 Å². The Morgan fingerprint density at radius 3 is 2.69 bits per heavy atom. The number of ether oxygens (including phenoxy) is 2. The highest BCUT2D eigenvalue weighted by Gasteiger charge is 2.12. The molecule has 0 aliphatic rings. The predicted molar refractivity (Wildman–Crippen MR) is 67.3 cm³/mol. The molecule has 0 radical (unpaired) electrons. The quantitative estimate of drug-likeness (QED) is 0.611. The Morgan fingerprint density at radius 1 is 1.44 bits per heavy atom. The number of methoxy groups -OCH3 is 1. The Kier molecular flexibility index (Phi) is 4.37. The van der Waals surface area contributed by atoms with Crippen LogP contribution in [0.3, 0.4) is 0 Å². The van der Waals surface area contributed by atoms with Crippen LogP contribution in [0.1, 0.15) is 0 Å². The van der Waals surface area contributed by atoms with E-state index < -0.39 is 8.07 Å². The van der Waals surface area contributed by atoms with Gasteiger partial charge in [-0.15, -0.1) is 0 Å². The minimum absolute atomic E-state index is 0.394. The van der Waals surface area contributed by atoms with E-state index in [0.717, 1.165) is 12.7 Å². The van der Waals surface area contributed by atoms with Gasteiger partial charge in [0.05, 0.1) is 7.11 Å². The molecule has 16 heavy (non-hydrogen) atoms. The monoisotopic (exact) mass is 243 g/mol. The van der Waals surface area contributed by atoms with Crippen molar-refractivity contribution in [2.45, 2.75) is 32.4 Å². The van der Waals surface area contributed by atoms with Crippen LogP contribution in [-0.2, 0) is 11.5 Å². The SMILES string of the molecule is COc1cc(N)nn1COCC[Si](C)(C)C. The predicted octanol–water partition coefficient (Wildman–Crippen LogP) is 1.79. The Labute approximate surface area is 97.5 Å². The highest BCUT2D eigenvalue weighted by Crippen LogP contribution is 2.14. The first kappa shape index (κ1) is 13.1. The zero-order chi connectivity index (χ0) is 12.2. The number of anilines is 1. The van der Waals surface area contributed by atoms with Crippen molar-refractivity contribution in [3.63, 3.8) is 0 Å². The van der Waals surface area contributed by atoms with E-state index in [2.05, 4.69) is 24.7 Å². The van der Waals surface area contributed by atoms with Crippen LogP contribution in [0.5, 0.6) is 5.88 Å². The second-order valence-corrected chi connectivity index (χ2v) is 10.6. The fraction of sp³-hybridized carbons (Fsp3) is 0.700. The first-order chi connectivity index (χ1) is 7.42. The van der Waals surface area contributed by atoms with Gasteiger partial charge in [-0.05, 0) is 6.04 Å². The fourth-order valence-corrected chi connectivity index (χ4v) is 1.96. The van der Waals surface area contributed by atoms with Crippen LogP contribution in [-0.4, -0.2) is 31.6 Å². The average Bonchev–Trinajstić information content (AvgIpc) is 2.52. The smallest absolute Gasteiger partial charge is 0.215 e. The van der Waals surface area contributed by atoms with E-state index in [9.17, 15) is 0 Å². The molecular weight excluding hydrogens is 222 g/mol. The zero-order valence-electron chi connectivity index (χ0n) is 10.5. The largest absolute Gasteiger partial charge is 0.481 e. The molecule has 0 aliphatic heterocycles. The summed E-state index contributed by atoms with van der Waals surface area (Å²) in [7, 11) is 0.570. The van der Waals surface area contributed by atoms with Gasteiger partial charge in [0.1, 0.15) is 12.5 Å². The van der Waals surface area contributed by atoms with Crippen LogP contribution in [0.15, 0.2) is 6.07 Å². The molecule has 92 valence electrons. The van der Waals surface area contributed by atoms with E-state index in [4.69, 9.17) is 15.2 Å². The van der Waals surface area contributed by atoms with Crippen molar-refractivity contribution in [1.82, 2.24) is 9.78 Å². The van der Waals surface area contributed by atoms with Crippen molar-refractivity contribution < 1.29 is 9.47 Å². The topological polar surface area (TPSA) is 62.3 Å². The molecular formula is C10H21N3O2Si. The number of nitrogen functional groups attached to an aromatic ring is 1. The molecule has 0 bridgehead atoms. The van der Waals surface area contributed by atoms with Gasteiger partial charge in [0.25, 0.3) is 0 Å². The highest BCUT2D eigenvalue weighted by atomic mass is 28.3. The molecule has 0 aromatic carbocycles. The maximum atomic E-state index is 5.57. The summed E-state index contributed by atoms with van der Waals surface area (Å²) in [5.41, 5.74) is 5.57. The number of hydrogen-bond acceptors (Lipinski definition) is 4. The summed E-state index contributed by atoms with van der Waals surface area (Å²) < 4.78 is 12.3. The molecule has 0 saturated heterocycles. The lowest BCUT2D eigenvalue weighted by Gasteiger charge is -2.15. The van der Waals surface area contributed by atoms with E-state index in [-0.39, 0.29) is 0 Å². The van der Waals surface area contributed by atoms with E-state index in [1.54, 1.807) is 17.9 Å². The summed E-state index contributed by atoms with van der Waals surface area (Å²) in [6.07, 6.45) is 0. The molecule has 0 fully saturated rings. The molecule has 0 amide bonds. The molecule has 0 spiro atoms. The Bertz CT molecular complexity index is 333. The average molecular weight is 243 g/mol. The lowest BCUT2D eigenvalue weighted by atomic mass is 10.6. The molecule has 0 aliphatic carbocycles. The molecule has 0 atom stereocenters. The van der Waals surface area contributed by atoms with Crippen LogP contribution < -0.4 is 10.5 Å². The number of aromatic nitrogens is 2. The molecule has 0 saturated carbocycles. The Morgan fingerprint density at radius 2 is 2.12 bits per heavy atom. The molecule has 5 nitrogen and oxygen atoms in total. The van der Waals surface area contributed by atoms with E-state index in [1.807, 2.05) is 0 Å². The molecule has 0 unspecified atom stereocenters. The Hall–Kier alpha value is -1.01. The molecule has 1 heterocycles. The summed E-state index contributed by atoms with van der Waals surface area (Å²) in [6, 6.07) is 2.83. The first-order valence-electron chi connectivity index (χ1n) is 5.37. The fourth-order valence-electron chi connectivity index (χ4n) is 1.20. The van der Waals surface area contributed by atoms with Crippen molar-refractivity contribution in [3.8, 4) is 5.88 Å². The number of nitrogens with two attached hydrogens (primary N) is 1. The highest BCUT2D eigenvalue weighted by molar-refractivity contribution is 6.76. The zero-order valence-corrected chi connectivity index (χ0v) is 11.5. The van der Waals surface area contributed by atoms with Crippen molar-refractivity contribution in [3.05, 3.63) is 6.07 Å². The summed E-state index contributed by atoms with van der Waals surface area (Å²) in [5, 5.41) is 4.07. The van der Waals surface area contributed by atoms with Gasteiger partial charge in [-0.25, -0.2) is 4.68 Å². The lowest BCUT2D eigenvalue weighted by Crippen LogP contribution is -2.22. The minimum atomic E-state index is -1.02. The molecule has 6 heteroatoms. The molecule has 1 aromatic rings. The van der Waals surface area contributed by atoms with Gasteiger partial charge in [-0.1, -0.05) is 19.6 Å². The van der Waals surface area contributed by atoms with Crippen LogP contribution in [0, 0.1) is 0 Å². The van der Waals surface area contributed by atoms with Crippen molar-refractivity contribution in [1.29, 1.82) is 0 Å². The van der Waals surface area contributed by atoms with Crippen LogP contribution in [0.4, 0.5) is 5.82 Å². The standard InChI is InChI=1S/C10H21N3O2Si/c1-14-10-7-9(11)12-13(10)8-15-5-6-16(2,3)4/h7H,5-6,8H2,1-4H3,(H2,11,12). The van der Waals surface area contributed by atoms with Crippen molar-refractivity contribution in [2.24, 2.45) is 0 Å². The van der Waals surface area contributed by atoms with Crippen LogP contribution in [0.2, 0.25) is 25.7 Å². The Balaban J connectivity index is 2.37. The molecule has 1 rings (SSSR count). The summed E-state index contributed by atoms with van der Waals surface area (Å²) in [6.45, 7) is 8.12. The van der Waals surface area contributed by atoms with Gasteiger partial charge in [0.15, 0.2) is 0 Å². The van der Waals surface area contributed by atoms with Gasteiger partial charge in [-0.3, -0.25) is 0 Å². The third-order valence-corrected chi connectivity index (χ3v) is 3.89. The van der Waals surface area contributed by atoms with Crippen LogP contribution in [0.25, 0.3) is 0 Å². The second-order valence-electron chi connectivity index (χ2n) is 4.96. The van der Waals surface area contributed by atoms with Crippen LogP contribution >= 0.6 is 0 Å². The van der Waals surface area contributed by atoms with Gasteiger partial charge >= 0.3 is 0 Å². The minimum Gasteiger partial charge on any atom is -0.481 e. The second kappa shape index (κ2) is 5.36.